The highest BCUT2D eigenvalue weighted by Gasteiger charge is 2.28. The molecule has 2 amide bonds. The van der Waals surface area contributed by atoms with E-state index in [2.05, 4.69) is 26.8 Å². The number of benzene rings is 2. The summed E-state index contributed by atoms with van der Waals surface area (Å²) in [7, 11) is -3.37. The molecule has 12 heteroatoms. The SMILES string of the molecule is CCCCN(C(=O)Nc1ccc(F)cc1F)C1CCN(Cc2ccc(Oc3ccc(NS(C)(=O)=O)cn3)cc2)CC1. The summed E-state index contributed by atoms with van der Waals surface area (Å²) in [4.78, 5) is 21.3. The van der Waals surface area contributed by atoms with Gasteiger partial charge in [-0.1, -0.05) is 25.5 Å². The summed E-state index contributed by atoms with van der Waals surface area (Å²) in [6, 6.07) is 13.7. The molecule has 41 heavy (non-hydrogen) atoms. The summed E-state index contributed by atoms with van der Waals surface area (Å²) in [5, 5.41) is 2.62. The van der Waals surface area contributed by atoms with Crippen molar-refractivity contribution in [3.63, 3.8) is 0 Å². The number of ether oxygens (including phenoxy) is 1. The Morgan fingerprint density at radius 1 is 1.10 bits per heavy atom. The van der Waals surface area contributed by atoms with Gasteiger partial charge in [0, 0.05) is 44.4 Å². The summed E-state index contributed by atoms with van der Waals surface area (Å²) in [6.45, 7) is 4.99. The zero-order chi connectivity index (χ0) is 29.4. The zero-order valence-electron chi connectivity index (χ0n) is 23.1. The predicted molar refractivity (Wildman–Crippen MR) is 155 cm³/mol. The smallest absolute Gasteiger partial charge is 0.322 e. The number of nitrogens with zero attached hydrogens (tertiary/aromatic N) is 3. The molecule has 0 saturated carbocycles. The summed E-state index contributed by atoms with van der Waals surface area (Å²) in [5.41, 5.74) is 1.44. The van der Waals surface area contributed by atoms with Crippen LogP contribution in [0.25, 0.3) is 0 Å². The van der Waals surface area contributed by atoms with Gasteiger partial charge in [-0.25, -0.2) is 27.0 Å². The maximum absolute atomic E-state index is 14.1. The maximum Gasteiger partial charge on any atom is 0.322 e. The Hall–Kier alpha value is -3.77. The topological polar surface area (TPSA) is 104 Å². The average Bonchev–Trinajstić information content (AvgIpc) is 2.93. The molecule has 0 unspecified atom stereocenters. The second-order valence-electron chi connectivity index (χ2n) is 10.1. The molecule has 0 spiro atoms. The number of aromatic nitrogens is 1. The highest BCUT2D eigenvalue weighted by molar-refractivity contribution is 7.92. The minimum absolute atomic E-state index is 0.0282. The lowest BCUT2D eigenvalue weighted by Crippen LogP contribution is -2.49. The van der Waals surface area contributed by atoms with Crippen molar-refractivity contribution in [2.45, 2.75) is 45.2 Å². The van der Waals surface area contributed by atoms with E-state index in [1.807, 2.05) is 24.3 Å². The molecule has 1 saturated heterocycles. The fourth-order valence-corrected chi connectivity index (χ4v) is 5.25. The molecule has 0 bridgehead atoms. The summed E-state index contributed by atoms with van der Waals surface area (Å²) in [5.74, 6) is -0.529. The molecule has 2 N–H and O–H groups in total. The number of hydrogen-bond acceptors (Lipinski definition) is 6. The van der Waals surface area contributed by atoms with Crippen molar-refractivity contribution in [3.05, 3.63) is 78.0 Å². The van der Waals surface area contributed by atoms with Crippen molar-refractivity contribution in [2.24, 2.45) is 0 Å². The molecular weight excluding hydrogens is 552 g/mol. The summed E-state index contributed by atoms with van der Waals surface area (Å²) >= 11 is 0. The Bertz CT molecular complexity index is 1410. The van der Waals surface area contributed by atoms with E-state index in [0.717, 1.165) is 69.3 Å². The Balaban J connectivity index is 1.28. The molecule has 1 fully saturated rings. The van der Waals surface area contributed by atoms with Crippen LogP contribution in [0.5, 0.6) is 11.6 Å². The Kier molecular flexibility index (Phi) is 10.1. The van der Waals surface area contributed by atoms with Crippen LogP contribution in [0, 0.1) is 11.6 Å². The van der Waals surface area contributed by atoms with Gasteiger partial charge >= 0.3 is 6.03 Å². The van der Waals surface area contributed by atoms with Crippen LogP contribution in [-0.4, -0.2) is 61.2 Å². The van der Waals surface area contributed by atoms with Gasteiger partial charge in [-0.05, 0) is 55.2 Å². The number of likely N-dealkylation sites (tertiary alicyclic amines) is 1. The van der Waals surface area contributed by atoms with E-state index in [4.69, 9.17) is 4.74 Å². The lowest BCUT2D eigenvalue weighted by molar-refractivity contribution is 0.122. The first kappa shape index (κ1) is 30.2. The highest BCUT2D eigenvalue weighted by atomic mass is 32.2. The van der Waals surface area contributed by atoms with Crippen molar-refractivity contribution in [1.82, 2.24) is 14.8 Å². The number of urea groups is 1. The van der Waals surface area contributed by atoms with Gasteiger partial charge in [0.15, 0.2) is 0 Å². The largest absolute Gasteiger partial charge is 0.439 e. The molecule has 2 aromatic carbocycles. The number of rotatable bonds is 11. The number of amides is 2. The number of piperidine rings is 1. The van der Waals surface area contributed by atoms with Crippen LogP contribution in [0.15, 0.2) is 60.8 Å². The van der Waals surface area contributed by atoms with Gasteiger partial charge < -0.3 is 15.0 Å². The van der Waals surface area contributed by atoms with Gasteiger partial charge in [0.2, 0.25) is 15.9 Å². The van der Waals surface area contributed by atoms with Gasteiger partial charge in [0.1, 0.15) is 17.4 Å². The maximum atomic E-state index is 14.1. The van der Waals surface area contributed by atoms with Gasteiger partial charge in [0.05, 0.1) is 23.8 Å². The number of carbonyl (C=O) groups excluding carboxylic acids is 1. The molecule has 2 heterocycles. The molecule has 1 aromatic heterocycles. The van der Waals surface area contributed by atoms with Gasteiger partial charge in [0.25, 0.3) is 0 Å². The van der Waals surface area contributed by atoms with Crippen molar-refractivity contribution in [1.29, 1.82) is 0 Å². The van der Waals surface area contributed by atoms with E-state index in [-0.39, 0.29) is 17.8 Å². The van der Waals surface area contributed by atoms with E-state index in [0.29, 0.717) is 23.9 Å². The number of nitrogens with one attached hydrogen (secondary N) is 2. The Labute approximate surface area is 239 Å². The number of hydrogen-bond donors (Lipinski definition) is 2. The first-order valence-corrected chi connectivity index (χ1v) is 15.4. The molecule has 0 atom stereocenters. The van der Waals surface area contributed by atoms with E-state index in [1.165, 1.54) is 12.3 Å². The lowest BCUT2D eigenvalue weighted by atomic mass is 10.0. The zero-order valence-corrected chi connectivity index (χ0v) is 24.0. The molecule has 220 valence electrons. The third kappa shape index (κ3) is 9.12. The quantitative estimate of drug-likeness (QED) is 0.293. The van der Waals surface area contributed by atoms with Crippen LogP contribution in [0.4, 0.5) is 25.0 Å². The van der Waals surface area contributed by atoms with Crippen LogP contribution in [-0.2, 0) is 16.6 Å². The number of halogens is 2. The van der Waals surface area contributed by atoms with Crippen LogP contribution in [0.1, 0.15) is 38.2 Å². The second-order valence-corrected chi connectivity index (χ2v) is 11.9. The number of carbonyl (C=O) groups is 1. The second kappa shape index (κ2) is 13.7. The fourth-order valence-electron chi connectivity index (χ4n) is 4.70. The molecule has 9 nitrogen and oxygen atoms in total. The van der Waals surface area contributed by atoms with E-state index in [1.54, 1.807) is 17.0 Å². The minimum Gasteiger partial charge on any atom is -0.439 e. The molecule has 1 aliphatic heterocycles. The number of unbranched alkanes of at least 4 members (excludes halogenated alkanes) is 1. The van der Waals surface area contributed by atoms with Gasteiger partial charge in [-0.2, -0.15) is 0 Å². The van der Waals surface area contributed by atoms with Gasteiger partial charge in [-0.15, -0.1) is 0 Å². The minimum atomic E-state index is -3.37. The van der Waals surface area contributed by atoms with Crippen molar-refractivity contribution in [3.8, 4) is 11.6 Å². The van der Waals surface area contributed by atoms with E-state index >= 15 is 0 Å². The van der Waals surface area contributed by atoms with Crippen molar-refractivity contribution < 1.29 is 26.7 Å². The van der Waals surface area contributed by atoms with Crippen LogP contribution < -0.4 is 14.8 Å². The third-order valence-corrected chi connectivity index (χ3v) is 7.38. The van der Waals surface area contributed by atoms with Crippen LogP contribution in [0.2, 0.25) is 0 Å². The van der Waals surface area contributed by atoms with Crippen LogP contribution >= 0.6 is 0 Å². The Morgan fingerprint density at radius 3 is 2.44 bits per heavy atom. The molecule has 0 aliphatic carbocycles. The molecule has 4 rings (SSSR count). The Morgan fingerprint density at radius 2 is 1.83 bits per heavy atom. The average molecular weight is 588 g/mol. The molecule has 3 aromatic rings. The monoisotopic (exact) mass is 587 g/mol. The van der Waals surface area contributed by atoms with Crippen LogP contribution in [0.3, 0.4) is 0 Å². The number of anilines is 2. The van der Waals surface area contributed by atoms with E-state index in [9.17, 15) is 22.0 Å². The molecule has 0 radical (unpaired) electrons. The van der Waals surface area contributed by atoms with Crippen molar-refractivity contribution in [2.75, 3.05) is 35.9 Å². The lowest BCUT2D eigenvalue weighted by Gasteiger charge is -2.38. The number of sulfonamides is 1. The first-order chi connectivity index (χ1) is 19.6. The summed E-state index contributed by atoms with van der Waals surface area (Å²) in [6.07, 6.45) is 5.81. The predicted octanol–water partition coefficient (Wildman–Crippen LogP) is 5.82. The highest BCUT2D eigenvalue weighted by Crippen LogP contribution is 2.24. The molecular formula is C29H35F2N5O4S. The van der Waals surface area contributed by atoms with E-state index < -0.39 is 21.7 Å². The fraction of sp³-hybridized carbons (Fsp3) is 0.379. The molecule has 1 aliphatic rings. The summed E-state index contributed by atoms with van der Waals surface area (Å²) < 4.78 is 58.2. The van der Waals surface area contributed by atoms with Crippen molar-refractivity contribution >= 4 is 27.4 Å². The third-order valence-electron chi connectivity index (χ3n) is 6.78. The number of pyridine rings is 1. The standard InChI is InChI=1S/C29H35F2N5O4S/c1-3-4-15-36(29(37)33-27-11-7-22(30)18-26(27)31)24-13-16-35(17-14-24)20-21-5-9-25(10-6-21)40-28-12-8-23(19-32-28)34-41(2,38)39/h5-12,18-19,24,34H,3-4,13-17,20H2,1-2H3,(H,33,37). The first-order valence-electron chi connectivity index (χ1n) is 13.6. The normalized spacial score (nSPS) is 14.4. The van der Waals surface area contributed by atoms with Gasteiger partial charge in [-0.3, -0.25) is 9.62 Å².